The Labute approximate surface area is 636 Å². The molecule has 0 aliphatic rings. The fourth-order valence-electron chi connectivity index (χ4n) is 15.1. The van der Waals surface area contributed by atoms with Gasteiger partial charge in [-0.3, -0.25) is 4.98 Å². The van der Waals surface area contributed by atoms with E-state index < -0.39 is 0 Å². The van der Waals surface area contributed by atoms with Crippen molar-refractivity contribution in [2.24, 2.45) is 0 Å². The molecule has 0 spiro atoms. The third kappa shape index (κ3) is 12.4. The summed E-state index contributed by atoms with van der Waals surface area (Å²) in [5.41, 5.74) is 30.5. The molecule has 0 saturated heterocycles. The Hall–Kier alpha value is -15.2. The van der Waals surface area contributed by atoms with Gasteiger partial charge in [0.1, 0.15) is 44.5 Å². The summed E-state index contributed by atoms with van der Waals surface area (Å²) in [6.07, 6.45) is 5.26. The zero-order chi connectivity index (χ0) is 73.6. The second kappa shape index (κ2) is 28.3. The van der Waals surface area contributed by atoms with Crippen molar-refractivity contribution in [3.8, 4) is 112 Å². The number of nitrogens with zero attached hydrogens (tertiary/aromatic N) is 8. The molecular weight excluding hydrogens is 1360 g/mol. The van der Waals surface area contributed by atoms with Gasteiger partial charge in [0, 0.05) is 83.7 Å². The third-order valence-corrected chi connectivity index (χ3v) is 20.4. The molecule has 0 unspecified atom stereocenters. The summed E-state index contributed by atoms with van der Waals surface area (Å²) in [7, 11) is 0. The Morgan fingerprint density at radius 2 is 0.559 bits per heavy atom. The summed E-state index contributed by atoms with van der Waals surface area (Å²) in [5.74, 6) is 0. The molecule has 22 aromatic rings. The van der Waals surface area contributed by atoms with Gasteiger partial charge < -0.3 is 13.3 Å². The first-order valence-electron chi connectivity index (χ1n) is 36.8. The van der Waals surface area contributed by atoms with Gasteiger partial charge in [0.15, 0.2) is 5.65 Å². The lowest BCUT2D eigenvalue weighted by Crippen LogP contribution is -1.96. The normalized spacial score (nSPS) is 11.4. The molecule has 0 atom stereocenters. The summed E-state index contributed by atoms with van der Waals surface area (Å²) >= 11 is 0. The summed E-state index contributed by atoms with van der Waals surface area (Å²) in [6, 6.07) is 122. The third-order valence-electron chi connectivity index (χ3n) is 20.4. The number of hydrogen-bond acceptors (Lipinski definition) is 11. The lowest BCUT2D eigenvalue weighted by Gasteiger charge is -2.12. The summed E-state index contributed by atoms with van der Waals surface area (Å²) in [6.45, 7) is 0. The predicted octanol–water partition coefficient (Wildman–Crippen LogP) is 26.0. The molecule has 0 fully saturated rings. The van der Waals surface area contributed by atoms with Crippen LogP contribution in [-0.2, 0) is 0 Å². The van der Waals surface area contributed by atoms with Gasteiger partial charge in [0.2, 0.25) is 0 Å². The maximum atomic E-state index is 6.30. The molecule has 14 aromatic carbocycles. The average molecular weight is 1420 g/mol. The fraction of sp³-hybridized carbons (Fsp3) is 0. The fourth-order valence-corrected chi connectivity index (χ4v) is 15.1. The monoisotopic (exact) mass is 1420 g/mol. The van der Waals surface area contributed by atoms with Crippen molar-refractivity contribution >= 4 is 99.0 Å². The molecule has 8 heterocycles. The minimum Gasteiger partial charge on any atom is -0.456 e. The van der Waals surface area contributed by atoms with Crippen molar-refractivity contribution in [2.75, 3.05) is 0 Å². The van der Waals surface area contributed by atoms with Crippen molar-refractivity contribution < 1.29 is 13.3 Å². The van der Waals surface area contributed by atoms with Crippen molar-refractivity contribution in [3.63, 3.8) is 0 Å². The van der Waals surface area contributed by atoms with Crippen LogP contribution in [0.4, 0.5) is 0 Å². The van der Waals surface area contributed by atoms with E-state index in [1.54, 1.807) is 18.6 Å². The van der Waals surface area contributed by atoms with E-state index in [0.29, 0.717) is 5.65 Å². The molecule has 8 aromatic heterocycles. The predicted molar refractivity (Wildman–Crippen MR) is 450 cm³/mol. The van der Waals surface area contributed by atoms with E-state index in [4.69, 9.17) is 43.2 Å². The topological polar surface area (TPSA) is 143 Å². The van der Waals surface area contributed by atoms with Crippen LogP contribution in [0.25, 0.3) is 211 Å². The molecule has 0 saturated carbocycles. The van der Waals surface area contributed by atoms with Crippen molar-refractivity contribution in [1.82, 2.24) is 39.9 Å². The van der Waals surface area contributed by atoms with E-state index in [9.17, 15) is 0 Å². The second-order valence-electron chi connectivity index (χ2n) is 27.2. The molecule has 11 nitrogen and oxygen atoms in total. The van der Waals surface area contributed by atoms with Gasteiger partial charge >= 0.3 is 0 Å². The number of furan rings is 3. The zero-order valence-electron chi connectivity index (χ0n) is 59.6. The van der Waals surface area contributed by atoms with Crippen LogP contribution in [0.3, 0.4) is 0 Å². The number of aromatic nitrogens is 8. The van der Waals surface area contributed by atoms with Crippen molar-refractivity contribution in [1.29, 1.82) is 0 Å². The van der Waals surface area contributed by atoms with E-state index in [-0.39, 0.29) is 0 Å². The molecule has 11 heteroatoms. The van der Waals surface area contributed by atoms with E-state index in [2.05, 4.69) is 222 Å². The van der Waals surface area contributed by atoms with Crippen LogP contribution in [0.15, 0.2) is 390 Å². The number of hydrogen-bond donors (Lipinski definition) is 0. The van der Waals surface area contributed by atoms with E-state index in [1.807, 2.05) is 146 Å². The maximum absolute atomic E-state index is 6.30. The highest BCUT2D eigenvalue weighted by atomic mass is 16.3. The van der Waals surface area contributed by atoms with Crippen LogP contribution in [0.5, 0.6) is 0 Å². The highest BCUT2D eigenvalue weighted by Gasteiger charge is 2.21. The standard InChI is InChI=1S/C38H24N2O.2C31H19N3O/c1-2-10-25(11-3-1)28-12-8-13-29(24-28)37-36(39-33-17-5-6-18-34(33)40-37)27-22-20-26(21-23-27)30-15-9-16-32-31-14-4-7-19-35(31)41-38(30)32;1-2-8-21(9-3-1)30-29(33-25-12-7-19-32-31(25)34-30)22-17-15-20(16-18-22)23-11-6-14-27-28(23)24-10-4-5-13-26(24)35-27;1-2-7-21(8-3-1)30-31(33-25-17-18-32-19-26(25)34-30)22-15-13-20(14-16-22)23-10-6-12-28-29(23)24-9-4-5-11-27(24)35-28/h1-24H;2*1-19H. The first-order valence-corrected chi connectivity index (χ1v) is 36.8. The Kier molecular flexibility index (Phi) is 16.6. The highest BCUT2D eigenvalue weighted by Crippen LogP contribution is 2.43. The van der Waals surface area contributed by atoms with Gasteiger partial charge in [-0.05, 0) is 106 Å². The van der Waals surface area contributed by atoms with Gasteiger partial charge in [-0.15, -0.1) is 0 Å². The van der Waals surface area contributed by atoms with Gasteiger partial charge in [-0.25, -0.2) is 34.9 Å². The minimum absolute atomic E-state index is 0.644. The van der Waals surface area contributed by atoms with Gasteiger partial charge in [-0.1, -0.05) is 291 Å². The van der Waals surface area contributed by atoms with Crippen molar-refractivity contribution in [3.05, 3.63) is 377 Å². The maximum Gasteiger partial charge on any atom is 0.178 e. The number of benzene rings is 14. The Bertz CT molecular complexity index is 6970. The summed E-state index contributed by atoms with van der Waals surface area (Å²) in [5, 5.41) is 6.79. The number of fused-ring (bicyclic) bond motifs is 12. The first-order chi connectivity index (χ1) is 55.0. The van der Waals surface area contributed by atoms with Crippen LogP contribution in [-0.4, -0.2) is 39.9 Å². The summed E-state index contributed by atoms with van der Waals surface area (Å²) in [4.78, 5) is 38.7. The smallest absolute Gasteiger partial charge is 0.178 e. The van der Waals surface area contributed by atoms with Crippen LogP contribution >= 0.6 is 0 Å². The van der Waals surface area contributed by atoms with E-state index in [1.165, 1.54) is 5.56 Å². The largest absolute Gasteiger partial charge is 0.456 e. The Morgan fingerprint density at radius 1 is 0.198 bits per heavy atom. The van der Waals surface area contributed by atoms with E-state index in [0.717, 1.165) is 200 Å². The second-order valence-corrected chi connectivity index (χ2v) is 27.2. The molecule has 520 valence electrons. The van der Waals surface area contributed by atoms with Crippen LogP contribution in [0, 0.1) is 0 Å². The molecule has 0 aliphatic heterocycles. The molecule has 0 bridgehead atoms. The molecular formula is C100H62N8O3. The van der Waals surface area contributed by atoms with Gasteiger partial charge in [0.25, 0.3) is 0 Å². The molecule has 22 rings (SSSR count). The summed E-state index contributed by atoms with van der Waals surface area (Å²) < 4.78 is 18.5. The first kappa shape index (κ1) is 65.3. The van der Waals surface area contributed by atoms with Crippen LogP contribution in [0.1, 0.15) is 0 Å². The molecule has 0 N–H and O–H groups in total. The van der Waals surface area contributed by atoms with Gasteiger partial charge in [0.05, 0.1) is 56.9 Å². The molecule has 0 radical (unpaired) electrons. The van der Waals surface area contributed by atoms with Gasteiger partial charge in [-0.2, -0.15) is 0 Å². The highest BCUT2D eigenvalue weighted by molar-refractivity contribution is 6.14. The number of pyridine rings is 2. The minimum atomic E-state index is 0.644. The van der Waals surface area contributed by atoms with E-state index >= 15 is 0 Å². The lowest BCUT2D eigenvalue weighted by molar-refractivity contribution is 0.668. The molecule has 111 heavy (non-hydrogen) atoms. The molecule has 0 aliphatic carbocycles. The van der Waals surface area contributed by atoms with Crippen LogP contribution < -0.4 is 0 Å². The Balaban J connectivity index is 0.000000109. The quantitative estimate of drug-likeness (QED) is 0.129. The van der Waals surface area contributed by atoms with Crippen LogP contribution in [0.2, 0.25) is 0 Å². The molecule has 0 amide bonds. The SMILES string of the molecule is c1ccc(-c2cccc(-c3nc4ccccc4nc3-c3ccc(-c4cccc5c4oc4ccccc45)cc3)c2)cc1.c1ccc(-c2nc3cnccc3nc2-c2ccc(-c3cccc4oc5ccccc5c34)cc2)cc1.c1ccc(-c2nc3ncccc3nc2-c2ccc(-c3cccc4oc5ccccc5c34)cc2)cc1. The number of rotatable bonds is 10. The average Bonchev–Trinajstić information content (AvgIpc) is 1.18. The number of para-hydroxylation sites is 6. The zero-order valence-corrected chi connectivity index (χ0v) is 59.6. The lowest BCUT2D eigenvalue weighted by atomic mass is 9.97. The Morgan fingerprint density at radius 3 is 1.12 bits per heavy atom. The van der Waals surface area contributed by atoms with Crippen molar-refractivity contribution in [2.45, 2.75) is 0 Å².